The quantitative estimate of drug-likeness (QED) is 0.780. The Morgan fingerprint density at radius 1 is 1.47 bits per heavy atom. The van der Waals surface area contributed by atoms with Gasteiger partial charge in [-0.05, 0) is 31.0 Å². The molecule has 0 saturated heterocycles. The van der Waals surface area contributed by atoms with E-state index in [1.54, 1.807) is 12.1 Å². The Bertz CT molecular complexity index is 534. The molecule has 0 aliphatic heterocycles. The SMILES string of the molecule is Nc1ccc2oc(N(CCO)C3CC3)nc2c1. The van der Waals surface area contributed by atoms with Gasteiger partial charge in [-0.3, -0.25) is 0 Å². The van der Waals surface area contributed by atoms with Crippen molar-refractivity contribution in [1.29, 1.82) is 0 Å². The normalized spacial score (nSPS) is 15.4. The zero-order valence-corrected chi connectivity index (χ0v) is 9.47. The number of hydrogen-bond donors (Lipinski definition) is 2. The van der Waals surface area contributed by atoms with Crippen LogP contribution in [0.1, 0.15) is 12.8 Å². The second-order valence-electron chi connectivity index (χ2n) is 4.37. The van der Waals surface area contributed by atoms with Crippen LogP contribution < -0.4 is 10.6 Å². The molecule has 3 N–H and O–H groups in total. The Balaban J connectivity index is 1.98. The number of nitrogen functional groups attached to an aromatic ring is 1. The molecule has 90 valence electrons. The number of benzene rings is 1. The van der Waals surface area contributed by atoms with Gasteiger partial charge >= 0.3 is 0 Å². The third kappa shape index (κ3) is 1.93. The molecule has 0 atom stereocenters. The van der Waals surface area contributed by atoms with Crippen molar-refractivity contribution in [2.24, 2.45) is 0 Å². The molecule has 0 unspecified atom stereocenters. The van der Waals surface area contributed by atoms with E-state index in [1.165, 1.54) is 0 Å². The lowest BCUT2D eigenvalue weighted by Crippen LogP contribution is -2.29. The molecule has 17 heavy (non-hydrogen) atoms. The van der Waals surface area contributed by atoms with Crippen LogP contribution in [0.5, 0.6) is 0 Å². The van der Waals surface area contributed by atoms with Gasteiger partial charge < -0.3 is 20.2 Å². The van der Waals surface area contributed by atoms with Crippen molar-refractivity contribution >= 4 is 22.8 Å². The second kappa shape index (κ2) is 3.92. The Kier molecular flexibility index (Phi) is 2.40. The minimum absolute atomic E-state index is 0.108. The van der Waals surface area contributed by atoms with Crippen molar-refractivity contribution in [2.45, 2.75) is 18.9 Å². The van der Waals surface area contributed by atoms with E-state index in [2.05, 4.69) is 4.98 Å². The number of aliphatic hydroxyl groups is 1. The molecule has 1 aliphatic rings. The van der Waals surface area contributed by atoms with E-state index in [9.17, 15) is 0 Å². The standard InChI is InChI=1S/C12H15N3O2/c13-8-1-4-11-10(7-8)14-12(17-11)15(5-6-16)9-2-3-9/h1,4,7,9,16H,2-3,5-6,13H2. The van der Waals surface area contributed by atoms with Gasteiger partial charge in [0, 0.05) is 18.3 Å². The summed E-state index contributed by atoms with van der Waals surface area (Å²) >= 11 is 0. The number of nitrogens with two attached hydrogens (primary N) is 1. The lowest BCUT2D eigenvalue weighted by molar-refractivity contribution is 0.298. The Morgan fingerprint density at radius 3 is 3.00 bits per heavy atom. The first kappa shape index (κ1) is 10.4. The number of hydrogen-bond acceptors (Lipinski definition) is 5. The highest BCUT2D eigenvalue weighted by Crippen LogP contribution is 2.32. The molecule has 1 saturated carbocycles. The number of aromatic nitrogens is 1. The van der Waals surface area contributed by atoms with Crippen LogP contribution >= 0.6 is 0 Å². The summed E-state index contributed by atoms with van der Waals surface area (Å²) in [6, 6.07) is 6.47. The van der Waals surface area contributed by atoms with Crippen molar-refractivity contribution in [2.75, 3.05) is 23.8 Å². The summed E-state index contributed by atoms with van der Waals surface area (Å²) in [5.74, 6) is 0. The fourth-order valence-electron chi connectivity index (χ4n) is 1.98. The largest absolute Gasteiger partial charge is 0.423 e. The van der Waals surface area contributed by atoms with Gasteiger partial charge in [-0.15, -0.1) is 0 Å². The van der Waals surface area contributed by atoms with Gasteiger partial charge in [0.15, 0.2) is 5.58 Å². The molecule has 1 aromatic heterocycles. The highest BCUT2D eigenvalue weighted by Gasteiger charge is 2.31. The average molecular weight is 233 g/mol. The Morgan fingerprint density at radius 2 is 2.29 bits per heavy atom. The van der Waals surface area contributed by atoms with Gasteiger partial charge in [0.2, 0.25) is 0 Å². The van der Waals surface area contributed by atoms with Crippen LogP contribution in [0.25, 0.3) is 11.1 Å². The fraction of sp³-hybridized carbons (Fsp3) is 0.417. The van der Waals surface area contributed by atoms with Crippen LogP contribution in [0, 0.1) is 0 Å². The smallest absolute Gasteiger partial charge is 0.298 e. The molecule has 1 aromatic carbocycles. The predicted octanol–water partition coefficient (Wildman–Crippen LogP) is 1.37. The summed E-state index contributed by atoms with van der Waals surface area (Å²) in [5, 5.41) is 9.06. The Hall–Kier alpha value is -1.75. The summed E-state index contributed by atoms with van der Waals surface area (Å²) in [6.45, 7) is 0.671. The van der Waals surface area contributed by atoms with Crippen molar-refractivity contribution < 1.29 is 9.52 Å². The third-order valence-electron chi connectivity index (χ3n) is 2.97. The van der Waals surface area contributed by atoms with E-state index in [1.807, 2.05) is 11.0 Å². The number of rotatable bonds is 4. The molecule has 0 bridgehead atoms. The lowest BCUT2D eigenvalue weighted by Gasteiger charge is -2.18. The molecular weight excluding hydrogens is 218 g/mol. The van der Waals surface area contributed by atoms with Gasteiger partial charge in [0.25, 0.3) is 6.01 Å². The second-order valence-corrected chi connectivity index (χ2v) is 4.37. The zero-order chi connectivity index (χ0) is 11.8. The van der Waals surface area contributed by atoms with E-state index >= 15 is 0 Å². The van der Waals surface area contributed by atoms with E-state index in [4.69, 9.17) is 15.3 Å². The summed E-state index contributed by atoms with van der Waals surface area (Å²) in [4.78, 5) is 6.45. The number of fused-ring (bicyclic) bond motifs is 1. The van der Waals surface area contributed by atoms with E-state index in [0.717, 1.165) is 23.9 Å². The Labute approximate surface area is 98.8 Å². The molecule has 5 nitrogen and oxygen atoms in total. The van der Waals surface area contributed by atoms with Crippen molar-refractivity contribution in [3.05, 3.63) is 18.2 Å². The van der Waals surface area contributed by atoms with Crippen LogP contribution in [-0.4, -0.2) is 29.3 Å². The van der Waals surface area contributed by atoms with Gasteiger partial charge in [0.05, 0.1) is 6.61 Å². The molecule has 5 heteroatoms. The van der Waals surface area contributed by atoms with Crippen molar-refractivity contribution in [1.82, 2.24) is 4.98 Å². The molecule has 1 heterocycles. The first-order valence-corrected chi connectivity index (χ1v) is 5.81. The van der Waals surface area contributed by atoms with Crippen LogP contribution in [0.2, 0.25) is 0 Å². The summed E-state index contributed by atoms with van der Waals surface area (Å²) in [6.07, 6.45) is 2.28. The zero-order valence-electron chi connectivity index (χ0n) is 9.47. The molecule has 1 fully saturated rings. The van der Waals surface area contributed by atoms with Crippen molar-refractivity contribution in [3.63, 3.8) is 0 Å². The molecule has 2 aromatic rings. The minimum Gasteiger partial charge on any atom is -0.423 e. The molecule has 3 rings (SSSR count). The predicted molar refractivity (Wildman–Crippen MR) is 65.9 cm³/mol. The molecule has 0 spiro atoms. The van der Waals surface area contributed by atoms with E-state index < -0.39 is 0 Å². The minimum atomic E-state index is 0.108. The number of aliphatic hydroxyl groups excluding tert-OH is 1. The average Bonchev–Trinajstić information content (AvgIpc) is 3.05. The van der Waals surface area contributed by atoms with Crippen LogP contribution in [0.15, 0.2) is 22.6 Å². The van der Waals surface area contributed by atoms with Crippen LogP contribution in [-0.2, 0) is 0 Å². The first-order valence-electron chi connectivity index (χ1n) is 5.81. The topological polar surface area (TPSA) is 75.5 Å². The maximum atomic E-state index is 9.06. The summed E-state index contributed by atoms with van der Waals surface area (Å²) < 4.78 is 5.69. The van der Waals surface area contributed by atoms with E-state index in [0.29, 0.717) is 24.3 Å². The monoisotopic (exact) mass is 233 g/mol. The van der Waals surface area contributed by atoms with Crippen molar-refractivity contribution in [3.8, 4) is 0 Å². The maximum Gasteiger partial charge on any atom is 0.298 e. The van der Waals surface area contributed by atoms with Gasteiger partial charge in [0.1, 0.15) is 5.52 Å². The molecule has 0 amide bonds. The summed E-state index contributed by atoms with van der Waals surface area (Å²) in [5.41, 5.74) is 7.88. The third-order valence-corrected chi connectivity index (χ3v) is 2.97. The number of oxazole rings is 1. The highest BCUT2D eigenvalue weighted by molar-refractivity contribution is 5.78. The van der Waals surface area contributed by atoms with Crippen LogP contribution in [0.3, 0.4) is 0 Å². The lowest BCUT2D eigenvalue weighted by atomic mass is 10.3. The van der Waals surface area contributed by atoms with Gasteiger partial charge in [-0.25, -0.2) is 0 Å². The molecule has 0 radical (unpaired) electrons. The number of nitrogens with zero attached hydrogens (tertiary/aromatic N) is 2. The summed E-state index contributed by atoms with van der Waals surface area (Å²) in [7, 11) is 0. The van der Waals surface area contributed by atoms with E-state index in [-0.39, 0.29) is 6.61 Å². The van der Waals surface area contributed by atoms with Gasteiger partial charge in [-0.2, -0.15) is 4.98 Å². The number of anilines is 2. The molecule has 1 aliphatic carbocycles. The van der Waals surface area contributed by atoms with Gasteiger partial charge in [-0.1, -0.05) is 0 Å². The fourth-order valence-corrected chi connectivity index (χ4v) is 1.98. The highest BCUT2D eigenvalue weighted by atomic mass is 16.4. The van der Waals surface area contributed by atoms with Crippen LogP contribution in [0.4, 0.5) is 11.7 Å². The molecular formula is C12H15N3O2. The first-order chi connectivity index (χ1) is 8.28. The maximum absolute atomic E-state index is 9.06.